The van der Waals surface area contributed by atoms with Crippen LogP contribution in [0.5, 0.6) is 0 Å². The van der Waals surface area contributed by atoms with E-state index in [0.717, 1.165) is 56.2 Å². The highest BCUT2D eigenvalue weighted by Gasteiger charge is 2.35. The first-order chi connectivity index (χ1) is 20.9. The first kappa shape index (κ1) is 31.7. The minimum atomic E-state index is -0.664. The van der Waals surface area contributed by atoms with Crippen molar-refractivity contribution in [2.24, 2.45) is 5.41 Å². The van der Waals surface area contributed by atoms with Crippen LogP contribution in [0.2, 0.25) is 31.7 Å². The fourth-order valence-electron chi connectivity index (χ4n) is 5.96. The van der Waals surface area contributed by atoms with Gasteiger partial charge in [-0.15, -0.1) is 0 Å². The predicted octanol–water partition coefficient (Wildman–Crippen LogP) is 6.33. The summed E-state index contributed by atoms with van der Waals surface area (Å²) in [6.07, 6.45) is 2.96. The van der Waals surface area contributed by atoms with Crippen LogP contribution in [-0.2, 0) is 47.1 Å². The molecular formula is C34H50N4O3Si2. The summed E-state index contributed by atoms with van der Waals surface area (Å²) >= 11 is 0. The number of benzene rings is 2. The third-order valence-electron chi connectivity index (χ3n) is 8.65. The predicted molar refractivity (Wildman–Crippen MR) is 184 cm³/mol. The van der Waals surface area contributed by atoms with Gasteiger partial charge in [-0.25, -0.2) is 4.68 Å². The van der Waals surface area contributed by atoms with Crippen LogP contribution in [0.1, 0.15) is 30.2 Å². The highest BCUT2D eigenvalue weighted by molar-refractivity contribution is 6.55. The van der Waals surface area contributed by atoms with Gasteiger partial charge in [0.05, 0.1) is 24.4 Å². The van der Waals surface area contributed by atoms with Crippen LogP contribution < -0.4 is 5.32 Å². The van der Waals surface area contributed by atoms with E-state index in [1.165, 1.54) is 39.8 Å². The molecule has 2 heterocycles. The maximum Gasteiger partial charge on any atom is 0.139 e. The van der Waals surface area contributed by atoms with Crippen LogP contribution in [0, 0.1) is 5.41 Å². The lowest BCUT2D eigenvalue weighted by Crippen LogP contribution is -2.32. The third-order valence-corrected chi connectivity index (χ3v) is 11.0. The summed E-state index contributed by atoms with van der Waals surface area (Å²) < 4.78 is 23.2. The van der Waals surface area contributed by atoms with Crippen LogP contribution >= 0.6 is 0 Å². The molecule has 2 aromatic carbocycles. The van der Waals surface area contributed by atoms with Gasteiger partial charge in [0.2, 0.25) is 0 Å². The molecule has 1 N–H and O–H groups in total. The molecule has 0 radical (unpaired) electrons. The van der Waals surface area contributed by atoms with E-state index in [0.29, 0.717) is 20.1 Å². The van der Waals surface area contributed by atoms with Crippen molar-refractivity contribution in [3.8, 4) is 11.4 Å². The molecule has 1 aliphatic rings. The molecule has 0 bridgehead atoms. The molecule has 0 saturated carbocycles. The number of nitrogens with one attached hydrogen (secondary N) is 1. The Kier molecular flexibility index (Phi) is 11.0. The highest BCUT2D eigenvalue weighted by atomic mass is 28.3. The molecule has 232 valence electrons. The first-order valence-electron chi connectivity index (χ1n) is 16.1. The van der Waals surface area contributed by atoms with Gasteiger partial charge in [0, 0.05) is 60.9 Å². The lowest BCUT2D eigenvalue weighted by atomic mass is 9.75. The second-order valence-electron chi connectivity index (χ2n) is 12.8. The Morgan fingerprint density at radius 3 is 2.60 bits per heavy atom. The van der Waals surface area contributed by atoms with Crippen LogP contribution in [0.15, 0.2) is 54.6 Å². The van der Waals surface area contributed by atoms with Gasteiger partial charge in [0.1, 0.15) is 19.2 Å². The van der Waals surface area contributed by atoms with Gasteiger partial charge in [0.25, 0.3) is 0 Å². The number of hydrogen-bond donors (Lipinski definition) is 1. The molecule has 0 amide bonds. The average Bonchev–Trinajstić information content (AvgIpc) is 3.54. The van der Waals surface area contributed by atoms with Crippen molar-refractivity contribution in [1.82, 2.24) is 14.3 Å². The van der Waals surface area contributed by atoms with Gasteiger partial charge in [-0.1, -0.05) is 63.0 Å². The Morgan fingerprint density at radius 2 is 1.84 bits per heavy atom. The minimum absolute atomic E-state index is 0.0226. The maximum atomic E-state index is 6.30. The fraction of sp³-hybridized carbons (Fsp3) is 0.500. The molecule has 0 fully saturated rings. The summed E-state index contributed by atoms with van der Waals surface area (Å²) in [6, 6.07) is 21.7. The van der Waals surface area contributed by atoms with E-state index >= 15 is 0 Å². The molecule has 0 spiro atoms. The number of rotatable bonds is 16. The maximum absolute atomic E-state index is 6.30. The smallest absolute Gasteiger partial charge is 0.139 e. The van der Waals surface area contributed by atoms with Gasteiger partial charge >= 0.3 is 0 Å². The van der Waals surface area contributed by atoms with Crippen molar-refractivity contribution >= 4 is 34.9 Å². The lowest BCUT2D eigenvalue weighted by molar-refractivity contribution is 0.0305. The number of hydrogen-bond acceptors (Lipinski definition) is 5. The SMILES string of the molecule is CNc1ccc2cc(-c3nn(COCC[SiH](C)C)c4c3CCC(C)(COCc3ccccc3)C4)n(COCC[SiH2]C)c2c1. The molecule has 1 unspecified atom stereocenters. The topological polar surface area (TPSA) is 62.5 Å². The number of ether oxygens (including phenoxy) is 3. The summed E-state index contributed by atoms with van der Waals surface area (Å²) in [6.45, 7) is 13.5. The molecule has 43 heavy (non-hydrogen) atoms. The van der Waals surface area contributed by atoms with Crippen LogP contribution in [0.4, 0.5) is 5.69 Å². The van der Waals surface area contributed by atoms with Crippen LogP contribution in [0.3, 0.4) is 0 Å². The minimum Gasteiger partial charge on any atom is -0.388 e. The summed E-state index contributed by atoms with van der Waals surface area (Å²) in [7, 11) is 1.28. The summed E-state index contributed by atoms with van der Waals surface area (Å²) in [5, 5.41) is 9.80. The molecule has 9 heteroatoms. The molecule has 4 aromatic rings. The zero-order chi connectivity index (χ0) is 30.2. The van der Waals surface area contributed by atoms with E-state index in [9.17, 15) is 0 Å². The normalized spacial score (nSPS) is 17.0. The van der Waals surface area contributed by atoms with E-state index in [1.54, 1.807) is 0 Å². The molecule has 0 saturated heterocycles. The largest absolute Gasteiger partial charge is 0.388 e. The van der Waals surface area contributed by atoms with E-state index in [-0.39, 0.29) is 14.9 Å². The third kappa shape index (κ3) is 7.88. The zero-order valence-corrected chi connectivity index (χ0v) is 29.4. The van der Waals surface area contributed by atoms with Crippen molar-refractivity contribution < 1.29 is 14.2 Å². The average molecular weight is 619 g/mol. The Hall–Kier alpha value is -2.70. The van der Waals surface area contributed by atoms with Crippen molar-refractivity contribution in [2.45, 2.75) is 78.0 Å². The fourth-order valence-corrected chi connectivity index (χ4v) is 7.09. The molecular weight excluding hydrogens is 569 g/mol. The summed E-state index contributed by atoms with van der Waals surface area (Å²) in [4.78, 5) is 0. The van der Waals surface area contributed by atoms with Gasteiger partial charge in [-0.3, -0.25) is 0 Å². The Morgan fingerprint density at radius 1 is 1.02 bits per heavy atom. The molecule has 0 aliphatic heterocycles. The van der Waals surface area contributed by atoms with E-state index < -0.39 is 8.80 Å². The molecule has 1 aliphatic carbocycles. The van der Waals surface area contributed by atoms with Crippen molar-refractivity contribution in [2.75, 3.05) is 32.2 Å². The van der Waals surface area contributed by atoms with E-state index in [4.69, 9.17) is 19.3 Å². The summed E-state index contributed by atoms with van der Waals surface area (Å²) in [5.41, 5.74) is 8.37. The Bertz CT molecular complexity index is 1470. The first-order valence-corrected chi connectivity index (χ1v) is 21.6. The molecule has 5 rings (SSSR count). The van der Waals surface area contributed by atoms with Gasteiger partial charge in [-0.05, 0) is 60.5 Å². The Balaban J connectivity index is 1.46. The van der Waals surface area contributed by atoms with Crippen LogP contribution in [0.25, 0.3) is 22.3 Å². The van der Waals surface area contributed by atoms with Crippen LogP contribution in [-0.4, -0.2) is 59.5 Å². The van der Waals surface area contributed by atoms with Crippen molar-refractivity contribution in [3.05, 3.63) is 71.4 Å². The Labute approximate surface area is 261 Å². The van der Waals surface area contributed by atoms with Gasteiger partial charge in [0.15, 0.2) is 0 Å². The van der Waals surface area contributed by atoms with Gasteiger partial charge in [-0.2, -0.15) is 5.10 Å². The number of nitrogens with zero attached hydrogens (tertiary/aromatic N) is 3. The monoisotopic (exact) mass is 618 g/mol. The van der Waals surface area contributed by atoms with Crippen molar-refractivity contribution in [1.29, 1.82) is 0 Å². The van der Waals surface area contributed by atoms with E-state index in [1.807, 2.05) is 7.05 Å². The van der Waals surface area contributed by atoms with E-state index in [2.05, 4.69) is 95.7 Å². The molecule has 2 aromatic heterocycles. The highest BCUT2D eigenvalue weighted by Crippen LogP contribution is 2.41. The van der Waals surface area contributed by atoms with Gasteiger partial charge < -0.3 is 24.1 Å². The standard InChI is InChI=1S/C34H50N4O3Si2/c1-34(23-41-22-26-9-7-6-8-10-26)14-13-29-32(21-34)38(25-40-16-18-43(4)5)36-33(29)31-19-27-11-12-28(35-2)20-30(27)37(31)24-39-15-17-42-3/h6-12,19-20,35,43H,13-18,21-25,42H2,1-5H3. The molecule has 7 nitrogen and oxygen atoms in total. The zero-order valence-electron chi connectivity index (χ0n) is 26.8. The van der Waals surface area contributed by atoms with Crippen molar-refractivity contribution in [3.63, 3.8) is 0 Å². The molecule has 1 atom stereocenters. The second-order valence-corrected chi connectivity index (χ2v) is 17.9. The quantitative estimate of drug-likeness (QED) is 0.118. The number of fused-ring (bicyclic) bond motifs is 2. The number of aromatic nitrogens is 3. The lowest BCUT2D eigenvalue weighted by Gasteiger charge is -2.34. The number of anilines is 1. The summed E-state index contributed by atoms with van der Waals surface area (Å²) in [5.74, 6) is 0. The second kappa shape index (κ2) is 14.9.